The summed E-state index contributed by atoms with van der Waals surface area (Å²) in [6.45, 7) is 5.31. The highest BCUT2D eigenvalue weighted by molar-refractivity contribution is 9.10. The molecular formula is C16H17BrF3N3O. The molecule has 1 aromatic carbocycles. The van der Waals surface area contributed by atoms with Crippen molar-refractivity contribution in [1.82, 2.24) is 9.97 Å². The molecule has 0 saturated carbocycles. The van der Waals surface area contributed by atoms with Gasteiger partial charge >= 0.3 is 12.2 Å². The lowest BCUT2D eigenvalue weighted by Crippen LogP contribution is -2.25. The van der Waals surface area contributed by atoms with Gasteiger partial charge < -0.3 is 9.64 Å². The molecule has 1 heterocycles. The van der Waals surface area contributed by atoms with Crippen LogP contribution in [0, 0.1) is 0 Å². The Labute approximate surface area is 146 Å². The van der Waals surface area contributed by atoms with Gasteiger partial charge in [-0.2, -0.15) is 18.2 Å². The van der Waals surface area contributed by atoms with E-state index in [-0.39, 0.29) is 11.8 Å². The van der Waals surface area contributed by atoms with Crippen LogP contribution in [0.1, 0.15) is 26.3 Å². The van der Waals surface area contributed by atoms with Crippen molar-refractivity contribution in [3.8, 4) is 6.01 Å². The minimum atomic E-state index is -4.57. The van der Waals surface area contributed by atoms with Crippen LogP contribution in [0.15, 0.2) is 34.9 Å². The summed E-state index contributed by atoms with van der Waals surface area (Å²) in [6, 6.07) is 6.77. The fraction of sp³-hybridized carbons (Fsp3) is 0.375. The zero-order chi connectivity index (χ0) is 18.1. The highest BCUT2D eigenvalue weighted by Gasteiger charge is 2.37. The van der Waals surface area contributed by atoms with Gasteiger partial charge in [0.25, 0.3) is 0 Å². The van der Waals surface area contributed by atoms with E-state index in [2.05, 4.69) is 25.9 Å². The maximum Gasteiger partial charge on any atom is 0.421 e. The molecule has 0 aliphatic carbocycles. The predicted octanol–water partition coefficient (Wildman–Crippen LogP) is 5.20. The first-order valence-corrected chi connectivity index (χ1v) is 7.89. The third kappa shape index (κ3) is 4.59. The SMILES string of the molecule is CN(c1ccc(Br)cc1)c1nc(OC(C)(C)C)ncc1C(F)(F)F. The molecule has 0 amide bonds. The van der Waals surface area contributed by atoms with E-state index in [9.17, 15) is 13.2 Å². The lowest BCUT2D eigenvalue weighted by atomic mass is 10.2. The van der Waals surface area contributed by atoms with Crippen LogP contribution in [0.5, 0.6) is 6.01 Å². The summed E-state index contributed by atoms with van der Waals surface area (Å²) in [5.74, 6) is -0.265. The molecule has 0 atom stereocenters. The second-order valence-corrected chi connectivity index (χ2v) is 7.05. The highest BCUT2D eigenvalue weighted by atomic mass is 79.9. The zero-order valence-corrected chi connectivity index (χ0v) is 15.2. The Kier molecular flexibility index (Phi) is 5.08. The number of alkyl halides is 3. The normalized spacial score (nSPS) is 12.2. The summed E-state index contributed by atoms with van der Waals surface area (Å²) in [5, 5.41) is 0. The number of benzene rings is 1. The van der Waals surface area contributed by atoms with E-state index in [0.717, 1.165) is 10.7 Å². The van der Waals surface area contributed by atoms with Gasteiger partial charge in [-0.15, -0.1) is 0 Å². The third-order valence-electron chi connectivity index (χ3n) is 2.98. The molecule has 0 bridgehead atoms. The van der Waals surface area contributed by atoms with Crippen LogP contribution in [-0.2, 0) is 6.18 Å². The van der Waals surface area contributed by atoms with Gasteiger partial charge in [0.05, 0.1) is 0 Å². The molecule has 0 fully saturated rings. The quantitative estimate of drug-likeness (QED) is 0.705. The van der Waals surface area contributed by atoms with Crippen molar-refractivity contribution < 1.29 is 17.9 Å². The van der Waals surface area contributed by atoms with Gasteiger partial charge in [0.15, 0.2) is 5.82 Å². The van der Waals surface area contributed by atoms with E-state index in [4.69, 9.17) is 4.74 Å². The van der Waals surface area contributed by atoms with Gasteiger partial charge in [-0.25, -0.2) is 4.98 Å². The maximum atomic E-state index is 13.3. The molecular weight excluding hydrogens is 387 g/mol. The third-order valence-corrected chi connectivity index (χ3v) is 3.51. The lowest BCUT2D eigenvalue weighted by Gasteiger charge is -2.24. The molecule has 0 radical (unpaired) electrons. The number of halogens is 4. The smallest absolute Gasteiger partial charge is 0.421 e. The van der Waals surface area contributed by atoms with Crippen LogP contribution in [-0.4, -0.2) is 22.6 Å². The average Bonchev–Trinajstić information content (AvgIpc) is 2.44. The van der Waals surface area contributed by atoms with E-state index in [1.165, 1.54) is 11.9 Å². The second-order valence-electron chi connectivity index (χ2n) is 6.14. The van der Waals surface area contributed by atoms with Crippen LogP contribution in [0.2, 0.25) is 0 Å². The molecule has 8 heteroatoms. The van der Waals surface area contributed by atoms with Crippen LogP contribution >= 0.6 is 15.9 Å². The van der Waals surface area contributed by atoms with E-state index in [1.807, 2.05) is 0 Å². The van der Waals surface area contributed by atoms with Gasteiger partial charge in [0.1, 0.15) is 11.2 Å². The molecule has 24 heavy (non-hydrogen) atoms. The average molecular weight is 404 g/mol. The Morgan fingerprint density at radius 2 is 1.67 bits per heavy atom. The molecule has 2 rings (SSSR count). The first kappa shape index (κ1) is 18.5. The minimum absolute atomic E-state index is 0.102. The van der Waals surface area contributed by atoms with Gasteiger partial charge in [-0.3, -0.25) is 0 Å². The molecule has 2 aromatic rings. The number of ether oxygens (including phenoxy) is 1. The fourth-order valence-electron chi connectivity index (χ4n) is 1.92. The van der Waals surface area contributed by atoms with Crippen LogP contribution in [0.4, 0.5) is 24.7 Å². The van der Waals surface area contributed by atoms with E-state index >= 15 is 0 Å². The van der Waals surface area contributed by atoms with Crippen LogP contribution in [0.3, 0.4) is 0 Å². The predicted molar refractivity (Wildman–Crippen MR) is 89.6 cm³/mol. The summed E-state index contributed by atoms with van der Waals surface area (Å²) in [4.78, 5) is 9.03. The summed E-state index contributed by atoms with van der Waals surface area (Å²) in [5.41, 5.74) is -0.981. The van der Waals surface area contributed by atoms with Crippen molar-refractivity contribution in [1.29, 1.82) is 0 Å². The Hall–Kier alpha value is -1.83. The van der Waals surface area contributed by atoms with E-state index in [0.29, 0.717) is 5.69 Å². The highest BCUT2D eigenvalue weighted by Crippen LogP contribution is 2.38. The Bertz CT molecular complexity index is 712. The number of nitrogens with zero attached hydrogens (tertiary/aromatic N) is 3. The van der Waals surface area contributed by atoms with Gasteiger partial charge in [-0.05, 0) is 45.0 Å². The minimum Gasteiger partial charge on any atom is -0.458 e. The van der Waals surface area contributed by atoms with Gasteiger partial charge in [0, 0.05) is 23.4 Å². The molecule has 130 valence electrons. The van der Waals surface area contributed by atoms with E-state index in [1.54, 1.807) is 45.0 Å². The van der Waals surface area contributed by atoms with Crippen molar-refractivity contribution in [3.05, 3.63) is 40.5 Å². The molecule has 0 spiro atoms. The Balaban J connectivity index is 2.50. The molecule has 0 aliphatic rings. The molecule has 1 aromatic heterocycles. The monoisotopic (exact) mass is 403 g/mol. The summed E-state index contributed by atoms with van der Waals surface area (Å²) < 4.78 is 46.2. The topological polar surface area (TPSA) is 38.2 Å². The summed E-state index contributed by atoms with van der Waals surface area (Å²) in [7, 11) is 1.52. The van der Waals surface area contributed by atoms with Gasteiger partial charge in [0.2, 0.25) is 0 Å². The number of rotatable bonds is 3. The molecule has 0 unspecified atom stereocenters. The molecule has 0 aliphatic heterocycles. The summed E-state index contributed by atoms with van der Waals surface area (Å²) >= 11 is 3.30. The van der Waals surface area contributed by atoms with Crippen molar-refractivity contribution in [2.45, 2.75) is 32.5 Å². The number of aromatic nitrogens is 2. The van der Waals surface area contributed by atoms with Gasteiger partial charge in [-0.1, -0.05) is 15.9 Å². The van der Waals surface area contributed by atoms with Crippen molar-refractivity contribution >= 4 is 27.4 Å². The van der Waals surface area contributed by atoms with Crippen LogP contribution in [0.25, 0.3) is 0 Å². The van der Waals surface area contributed by atoms with Crippen molar-refractivity contribution in [2.75, 3.05) is 11.9 Å². The Morgan fingerprint density at radius 1 is 1.08 bits per heavy atom. The summed E-state index contributed by atoms with van der Waals surface area (Å²) in [6.07, 6.45) is -3.82. The zero-order valence-electron chi connectivity index (χ0n) is 13.6. The van der Waals surface area contributed by atoms with Crippen LogP contribution < -0.4 is 9.64 Å². The first-order valence-electron chi connectivity index (χ1n) is 7.10. The molecule has 4 nitrogen and oxygen atoms in total. The lowest BCUT2D eigenvalue weighted by molar-refractivity contribution is -0.137. The number of anilines is 2. The molecule has 0 N–H and O–H groups in total. The maximum absolute atomic E-state index is 13.3. The number of hydrogen-bond acceptors (Lipinski definition) is 4. The largest absolute Gasteiger partial charge is 0.458 e. The Morgan fingerprint density at radius 3 is 2.17 bits per heavy atom. The standard InChI is InChI=1S/C16H17BrF3N3O/c1-15(2,3)24-14-21-9-12(16(18,19)20)13(22-14)23(4)11-7-5-10(17)6-8-11/h5-9H,1-4H3. The van der Waals surface area contributed by atoms with E-state index < -0.39 is 17.3 Å². The van der Waals surface area contributed by atoms with Crippen molar-refractivity contribution in [2.24, 2.45) is 0 Å². The fourth-order valence-corrected chi connectivity index (χ4v) is 2.19. The number of hydrogen-bond donors (Lipinski definition) is 0. The van der Waals surface area contributed by atoms with Crippen molar-refractivity contribution in [3.63, 3.8) is 0 Å². The second kappa shape index (κ2) is 6.58. The molecule has 0 saturated heterocycles. The first-order chi connectivity index (χ1) is 11.0.